The van der Waals surface area contributed by atoms with E-state index in [4.69, 9.17) is 9.47 Å². The van der Waals surface area contributed by atoms with E-state index in [1.165, 1.54) is 11.0 Å². The maximum Gasteiger partial charge on any atom is 0.414 e. The molecule has 3 aromatic carbocycles. The van der Waals surface area contributed by atoms with Crippen LogP contribution in [0.3, 0.4) is 0 Å². The van der Waals surface area contributed by atoms with Gasteiger partial charge in [-0.1, -0.05) is 36.4 Å². The second-order valence-electron chi connectivity index (χ2n) is 9.14. The zero-order valence-electron chi connectivity index (χ0n) is 20.3. The number of ether oxygens (including phenoxy) is 2. The van der Waals surface area contributed by atoms with Crippen LogP contribution in [0.5, 0.6) is 0 Å². The van der Waals surface area contributed by atoms with Gasteiger partial charge in [-0.2, -0.15) is 0 Å². The molecule has 2 amide bonds. The monoisotopic (exact) mass is 505 g/mol. The zero-order chi connectivity index (χ0) is 25.8. The standard InChI is InChI=1S/C28H28FN3O5/c29-24-16-22(7-8-25(24)31-11-13-36-14-12-31)32-18-23(37-28(32)35)17-30-27(34)10-9-26(33)21-6-5-19-3-1-2-4-20(19)15-21/h1-8,15-16,23H,9-14,17-18H2,(H,30,34). The predicted molar refractivity (Wildman–Crippen MR) is 138 cm³/mol. The van der Waals surface area contributed by atoms with Gasteiger partial charge in [0.1, 0.15) is 11.9 Å². The minimum atomic E-state index is -0.593. The average molecular weight is 506 g/mol. The van der Waals surface area contributed by atoms with E-state index in [1.807, 2.05) is 41.3 Å². The molecule has 8 nitrogen and oxygen atoms in total. The Morgan fingerprint density at radius 2 is 1.76 bits per heavy atom. The van der Waals surface area contributed by atoms with Crippen molar-refractivity contribution in [1.29, 1.82) is 0 Å². The van der Waals surface area contributed by atoms with Gasteiger partial charge in [-0.05, 0) is 35.0 Å². The number of carbonyl (C=O) groups excluding carboxylic acids is 3. The van der Waals surface area contributed by atoms with Crippen LogP contribution in [-0.2, 0) is 14.3 Å². The number of nitrogens with one attached hydrogen (secondary N) is 1. The smallest absolute Gasteiger partial charge is 0.414 e. The maximum absolute atomic E-state index is 14.8. The van der Waals surface area contributed by atoms with Crippen LogP contribution < -0.4 is 15.1 Å². The van der Waals surface area contributed by atoms with Crippen molar-refractivity contribution < 1.29 is 28.2 Å². The van der Waals surface area contributed by atoms with Gasteiger partial charge in [0.2, 0.25) is 5.91 Å². The minimum Gasteiger partial charge on any atom is -0.442 e. The first-order chi connectivity index (χ1) is 18.0. The summed E-state index contributed by atoms with van der Waals surface area (Å²) in [6, 6.07) is 17.9. The molecule has 1 atom stereocenters. The Morgan fingerprint density at radius 1 is 0.973 bits per heavy atom. The Hall–Kier alpha value is -3.98. The summed E-state index contributed by atoms with van der Waals surface area (Å²) in [5, 5.41) is 4.75. The number of fused-ring (bicyclic) bond motifs is 1. The molecule has 5 rings (SSSR count). The molecule has 2 fully saturated rings. The fourth-order valence-electron chi connectivity index (χ4n) is 4.61. The number of hydrogen-bond donors (Lipinski definition) is 1. The highest BCUT2D eigenvalue weighted by molar-refractivity contribution is 6.01. The number of benzene rings is 3. The Bertz CT molecular complexity index is 1320. The highest BCUT2D eigenvalue weighted by atomic mass is 19.1. The van der Waals surface area contributed by atoms with Gasteiger partial charge in [-0.3, -0.25) is 14.5 Å². The number of ketones is 1. The molecule has 2 heterocycles. The molecule has 0 bridgehead atoms. The first-order valence-electron chi connectivity index (χ1n) is 12.4. The summed E-state index contributed by atoms with van der Waals surface area (Å²) in [6.45, 7) is 2.61. The molecule has 2 aliphatic heterocycles. The molecule has 9 heteroatoms. The van der Waals surface area contributed by atoms with Gasteiger partial charge in [0.15, 0.2) is 5.78 Å². The van der Waals surface area contributed by atoms with Crippen LogP contribution >= 0.6 is 0 Å². The molecule has 0 radical (unpaired) electrons. The molecule has 2 aliphatic rings. The molecule has 0 saturated carbocycles. The first-order valence-corrected chi connectivity index (χ1v) is 12.4. The van der Waals surface area contributed by atoms with Crippen LogP contribution in [0.4, 0.5) is 20.6 Å². The van der Waals surface area contributed by atoms with E-state index in [9.17, 15) is 18.8 Å². The number of halogens is 1. The Labute approximate surface area is 213 Å². The summed E-state index contributed by atoms with van der Waals surface area (Å²) in [4.78, 5) is 40.5. The van der Waals surface area contributed by atoms with Crippen molar-refractivity contribution in [2.75, 3.05) is 49.2 Å². The summed E-state index contributed by atoms with van der Waals surface area (Å²) in [5.41, 5.74) is 1.44. The fraction of sp³-hybridized carbons (Fsp3) is 0.321. The number of amides is 2. The van der Waals surface area contributed by atoms with Gasteiger partial charge in [0.25, 0.3) is 0 Å². The summed E-state index contributed by atoms with van der Waals surface area (Å²) >= 11 is 0. The van der Waals surface area contributed by atoms with E-state index in [0.717, 1.165) is 10.8 Å². The lowest BCUT2D eigenvalue weighted by atomic mass is 10.0. The summed E-state index contributed by atoms with van der Waals surface area (Å²) in [5.74, 6) is -0.827. The number of cyclic esters (lactones) is 1. The normalized spacial score (nSPS) is 17.6. The van der Waals surface area contributed by atoms with Gasteiger partial charge in [0.05, 0.1) is 37.7 Å². The number of morpholine rings is 1. The molecule has 37 heavy (non-hydrogen) atoms. The van der Waals surface area contributed by atoms with E-state index in [1.54, 1.807) is 18.2 Å². The van der Waals surface area contributed by atoms with E-state index in [0.29, 0.717) is 43.2 Å². The van der Waals surface area contributed by atoms with Gasteiger partial charge in [-0.25, -0.2) is 9.18 Å². The number of carbonyl (C=O) groups is 3. The fourth-order valence-corrected chi connectivity index (χ4v) is 4.61. The topological polar surface area (TPSA) is 88.2 Å². The number of Topliss-reactive ketones (excluding diaryl/α,β-unsaturated/α-hetero) is 1. The first kappa shape index (κ1) is 24.7. The van der Waals surface area contributed by atoms with Crippen LogP contribution in [0, 0.1) is 5.82 Å². The van der Waals surface area contributed by atoms with Crippen molar-refractivity contribution in [3.8, 4) is 0 Å². The lowest BCUT2D eigenvalue weighted by Crippen LogP contribution is -2.37. The second-order valence-corrected chi connectivity index (χ2v) is 9.14. The number of hydrogen-bond acceptors (Lipinski definition) is 6. The Morgan fingerprint density at radius 3 is 2.54 bits per heavy atom. The quantitative estimate of drug-likeness (QED) is 0.467. The van der Waals surface area contributed by atoms with Crippen molar-refractivity contribution in [2.45, 2.75) is 18.9 Å². The maximum atomic E-state index is 14.8. The molecule has 0 spiro atoms. The van der Waals surface area contributed by atoms with Crippen molar-refractivity contribution in [3.05, 3.63) is 72.0 Å². The third-order valence-corrected chi connectivity index (χ3v) is 6.65. The number of nitrogens with zero attached hydrogens (tertiary/aromatic N) is 2. The average Bonchev–Trinajstić information content (AvgIpc) is 3.31. The molecule has 3 aromatic rings. The van der Waals surface area contributed by atoms with Crippen LogP contribution in [-0.4, -0.2) is 63.3 Å². The largest absolute Gasteiger partial charge is 0.442 e. The molecular weight excluding hydrogens is 477 g/mol. The van der Waals surface area contributed by atoms with E-state index in [-0.39, 0.29) is 37.6 Å². The molecule has 0 aliphatic carbocycles. The van der Waals surface area contributed by atoms with Gasteiger partial charge < -0.3 is 19.7 Å². The minimum absolute atomic E-state index is 0.0320. The van der Waals surface area contributed by atoms with Gasteiger partial charge in [-0.15, -0.1) is 0 Å². The van der Waals surface area contributed by atoms with Crippen LogP contribution in [0.1, 0.15) is 23.2 Å². The second kappa shape index (κ2) is 11.0. The number of rotatable bonds is 8. The SMILES string of the molecule is O=C(CCC(=O)c1ccc2ccccc2c1)NCC1CN(c2ccc(N3CCOCC3)c(F)c2)C(=O)O1. The highest BCUT2D eigenvalue weighted by Gasteiger charge is 2.33. The summed E-state index contributed by atoms with van der Waals surface area (Å²) in [6.07, 6.45) is -1.06. The van der Waals surface area contributed by atoms with Crippen molar-refractivity contribution in [1.82, 2.24) is 5.32 Å². The number of anilines is 2. The van der Waals surface area contributed by atoms with E-state index < -0.39 is 18.0 Å². The summed E-state index contributed by atoms with van der Waals surface area (Å²) in [7, 11) is 0. The molecular formula is C28H28FN3O5. The Balaban J connectivity index is 1.10. The van der Waals surface area contributed by atoms with Crippen molar-refractivity contribution >= 4 is 39.9 Å². The van der Waals surface area contributed by atoms with E-state index >= 15 is 0 Å². The molecule has 1 N–H and O–H groups in total. The summed E-state index contributed by atoms with van der Waals surface area (Å²) < 4.78 is 25.4. The van der Waals surface area contributed by atoms with E-state index in [2.05, 4.69) is 5.32 Å². The van der Waals surface area contributed by atoms with Crippen LogP contribution in [0.2, 0.25) is 0 Å². The predicted octanol–water partition coefficient (Wildman–Crippen LogP) is 3.92. The third-order valence-electron chi connectivity index (χ3n) is 6.65. The van der Waals surface area contributed by atoms with Crippen LogP contribution in [0.25, 0.3) is 10.8 Å². The van der Waals surface area contributed by atoms with Crippen molar-refractivity contribution in [2.24, 2.45) is 0 Å². The lowest BCUT2D eigenvalue weighted by molar-refractivity contribution is -0.121. The third kappa shape index (κ3) is 5.72. The Kier molecular flexibility index (Phi) is 7.32. The molecule has 1 unspecified atom stereocenters. The highest BCUT2D eigenvalue weighted by Crippen LogP contribution is 2.28. The molecule has 192 valence electrons. The van der Waals surface area contributed by atoms with Crippen molar-refractivity contribution in [3.63, 3.8) is 0 Å². The van der Waals surface area contributed by atoms with Gasteiger partial charge in [0, 0.05) is 31.5 Å². The molecule has 2 saturated heterocycles. The lowest BCUT2D eigenvalue weighted by Gasteiger charge is -2.29. The molecule has 0 aromatic heterocycles. The van der Waals surface area contributed by atoms with Gasteiger partial charge >= 0.3 is 6.09 Å². The zero-order valence-corrected chi connectivity index (χ0v) is 20.3. The van der Waals surface area contributed by atoms with Crippen LogP contribution in [0.15, 0.2) is 60.7 Å².